The van der Waals surface area contributed by atoms with Gasteiger partial charge in [-0.3, -0.25) is 4.79 Å². The van der Waals surface area contributed by atoms with Crippen molar-refractivity contribution < 1.29 is 9.53 Å². The number of hydrogen-bond donors (Lipinski definition) is 0. The first kappa shape index (κ1) is 10.0. The number of methoxy groups -OCH3 is 1. The van der Waals surface area contributed by atoms with E-state index in [0.29, 0.717) is 18.8 Å². The van der Waals surface area contributed by atoms with E-state index in [1.54, 1.807) is 18.2 Å². The van der Waals surface area contributed by atoms with E-state index >= 15 is 0 Å². The number of carbonyl (C=O) groups is 1. The van der Waals surface area contributed by atoms with E-state index in [9.17, 15) is 4.79 Å². The molecular weight excluding hydrogens is 194 g/mol. The zero-order valence-corrected chi connectivity index (χ0v) is 8.80. The van der Waals surface area contributed by atoms with Gasteiger partial charge in [0.15, 0.2) is 0 Å². The highest BCUT2D eigenvalue weighted by molar-refractivity contribution is 5.96. The Morgan fingerprint density at radius 1 is 1.67 bits per heavy atom. The molecule has 1 amide bonds. The van der Waals surface area contributed by atoms with Crippen LogP contribution in [0.2, 0.25) is 0 Å². The summed E-state index contributed by atoms with van der Waals surface area (Å²) in [5.74, 6) is -0.0306. The summed E-state index contributed by atoms with van der Waals surface area (Å²) >= 11 is 0. The summed E-state index contributed by atoms with van der Waals surface area (Å²) in [6.45, 7) is 3.08. The molecule has 15 heavy (non-hydrogen) atoms. The summed E-state index contributed by atoms with van der Waals surface area (Å²) in [6, 6.07) is 0.0664. The third-order valence-corrected chi connectivity index (χ3v) is 2.53. The average molecular weight is 207 g/mol. The van der Waals surface area contributed by atoms with Gasteiger partial charge in [-0.15, -0.1) is 0 Å². The molecule has 1 aromatic rings. The van der Waals surface area contributed by atoms with Crippen LogP contribution in [0.15, 0.2) is 12.5 Å². The molecule has 5 nitrogen and oxygen atoms in total. The highest BCUT2D eigenvalue weighted by Crippen LogP contribution is 2.21. The summed E-state index contributed by atoms with van der Waals surface area (Å²) in [7, 11) is 1.63. The highest BCUT2D eigenvalue weighted by atomic mass is 16.5. The zero-order valence-electron chi connectivity index (χ0n) is 8.80. The minimum atomic E-state index is -0.0306. The molecule has 0 fully saturated rings. The summed E-state index contributed by atoms with van der Waals surface area (Å²) < 4.78 is 5.03. The predicted octanol–water partition coefficient (Wildman–Crippen LogP) is 0.467. The molecule has 0 radical (unpaired) electrons. The molecule has 5 heteroatoms. The van der Waals surface area contributed by atoms with Crippen molar-refractivity contribution in [2.24, 2.45) is 0 Å². The van der Waals surface area contributed by atoms with Crippen molar-refractivity contribution in [1.82, 2.24) is 14.9 Å². The molecule has 1 aliphatic rings. The molecule has 2 heterocycles. The fourth-order valence-corrected chi connectivity index (χ4v) is 1.75. The minimum Gasteiger partial charge on any atom is -0.383 e. The van der Waals surface area contributed by atoms with Gasteiger partial charge in [0, 0.05) is 18.9 Å². The quantitative estimate of drug-likeness (QED) is 0.722. The third kappa shape index (κ3) is 1.70. The Balaban J connectivity index is 2.20. The smallest absolute Gasteiger partial charge is 0.273 e. The molecule has 1 unspecified atom stereocenters. The Morgan fingerprint density at radius 3 is 3.13 bits per heavy atom. The van der Waals surface area contributed by atoms with Crippen molar-refractivity contribution >= 4 is 5.91 Å². The standard InChI is InChI=1S/C10H13N3O2/c1-7(5-15-2)13-4-8-3-11-6-12-9(8)10(13)14/h3,6-7H,4-5H2,1-2H3. The van der Waals surface area contributed by atoms with Gasteiger partial charge in [0.2, 0.25) is 0 Å². The van der Waals surface area contributed by atoms with Crippen LogP contribution in [0.3, 0.4) is 0 Å². The molecule has 0 aromatic carbocycles. The van der Waals surface area contributed by atoms with Gasteiger partial charge in [-0.1, -0.05) is 0 Å². The van der Waals surface area contributed by atoms with E-state index in [0.717, 1.165) is 5.56 Å². The van der Waals surface area contributed by atoms with Gasteiger partial charge in [0.1, 0.15) is 12.0 Å². The van der Waals surface area contributed by atoms with E-state index in [1.165, 1.54) is 6.33 Å². The topological polar surface area (TPSA) is 55.3 Å². The van der Waals surface area contributed by atoms with Gasteiger partial charge >= 0.3 is 0 Å². The molecule has 0 bridgehead atoms. The number of carbonyl (C=O) groups excluding carboxylic acids is 1. The first-order valence-electron chi connectivity index (χ1n) is 4.83. The maximum atomic E-state index is 11.9. The van der Waals surface area contributed by atoms with Crippen molar-refractivity contribution in [3.8, 4) is 0 Å². The van der Waals surface area contributed by atoms with Crippen molar-refractivity contribution in [1.29, 1.82) is 0 Å². The largest absolute Gasteiger partial charge is 0.383 e. The van der Waals surface area contributed by atoms with E-state index in [-0.39, 0.29) is 11.9 Å². The molecule has 0 spiro atoms. The molecule has 0 saturated heterocycles. The van der Waals surface area contributed by atoms with E-state index in [1.807, 2.05) is 6.92 Å². The summed E-state index contributed by atoms with van der Waals surface area (Å²) in [4.78, 5) is 21.5. The maximum absolute atomic E-state index is 11.9. The lowest BCUT2D eigenvalue weighted by Gasteiger charge is -2.22. The van der Waals surface area contributed by atoms with Crippen LogP contribution in [0.5, 0.6) is 0 Å². The van der Waals surface area contributed by atoms with Crippen LogP contribution in [0.25, 0.3) is 0 Å². The molecule has 2 rings (SSSR count). The van der Waals surface area contributed by atoms with Gasteiger partial charge in [0.25, 0.3) is 5.91 Å². The van der Waals surface area contributed by atoms with Crippen LogP contribution in [0.4, 0.5) is 0 Å². The number of hydrogen-bond acceptors (Lipinski definition) is 4. The van der Waals surface area contributed by atoms with E-state index in [2.05, 4.69) is 9.97 Å². The lowest BCUT2D eigenvalue weighted by atomic mass is 10.3. The van der Waals surface area contributed by atoms with Crippen LogP contribution in [-0.4, -0.2) is 40.5 Å². The maximum Gasteiger partial charge on any atom is 0.273 e. The molecular formula is C10H13N3O2. The van der Waals surface area contributed by atoms with Gasteiger partial charge in [0.05, 0.1) is 19.2 Å². The average Bonchev–Trinajstić information content (AvgIpc) is 2.57. The van der Waals surface area contributed by atoms with E-state index in [4.69, 9.17) is 4.74 Å². The number of rotatable bonds is 3. The molecule has 0 saturated carbocycles. The van der Waals surface area contributed by atoms with Crippen LogP contribution < -0.4 is 0 Å². The fraction of sp³-hybridized carbons (Fsp3) is 0.500. The second-order valence-corrected chi connectivity index (χ2v) is 3.63. The SMILES string of the molecule is COCC(C)N1Cc2cncnc2C1=O. The third-order valence-electron chi connectivity index (χ3n) is 2.53. The normalized spacial score (nSPS) is 16.7. The van der Waals surface area contributed by atoms with Gasteiger partial charge in [-0.25, -0.2) is 9.97 Å². The molecule has 1 atom stereocenters. The number of nitrogens with zero attached hydrogens (tertiary/aromatic N) is 3. The Hall–Kier alpha value is -1.49. The van der Waals surface area contributed by atoms with Gasteiger partial charge < -0.3 is 9.64 Å². The summed E-state index contributed by atoms with van der Waals surface area (Å²) in [5.41, 5.74) is 1.42. The van der Waals surface area contributed by atoms with Crippen LogP contribution in [0, 0.1) is 0 Å². The molecule has 1 aliphatic heterocycles. The molecule has 80 valence electrons. The molecule has 1 aromatic heterocycles. The van der Waals surface area contributed by atoms with Crippen molar-refractivity contribution in [3.63, 3.8) is 0 Å². The van der Waals surface area contributed by atoms with Gasteiger partial charge in [-0.2, -0.15) is 0 Å². The molecule has 0 N–H and O–H groups in total. The lowest BCUT2D eigenvalue weighted by molar-refractivity contribution is 0.0585. The fourth-order valence-electron chi connectivity index (χ4n) is 1.75. The Morgan fingerprint density at radius 2 is 2.47 bits per heavy atom. The number of amides is 1. The Labute approximate surface area is 88.1 Å². The van der Waals surface area contributed by atoms with Crippen LogP contribution in [-0.2, 0) is 11.3 Å². The second kappa shape index (κ2) is 3.94. The van der Waals surface area contributed by atoms with Crippen LogP contribution in [0.1, 0.15) is 23.0 Å². The monoisotopic (exact) mass is 207 g/mol. The Kier molecular flexibility index (Phi) is 2.64. The minimum absolute atomic E-state index is 0.0306. The zero-order chi connectivity index (χ0) is 10.8. The summed E-state index contributed by atoms with van der Waals surface area (Å²) in [6.07, 6.45) is 3.10. The lowest BCUT2D eigenvalue weighted by Crippen LogP contribution is -2.36. The number of aromatic nitrogens is 2. The van der Waals surface area contributed by atoms with Crippen LogP contribution >= 0.6 is 0 Å². The number of ether oxygens (including phenoxy) is 1. The second-order valence-electron chi connectivity index (χ2n) is 3.63. The highest BCUT2D eigenvalue weighted by Gasteiger charge is 2.31. The van der Waals surface area contributed by atoms with Crippen molar-refractivity contribution in [2.45, 2.75) is 19.5 Å². The first-order chi connectivity index (χ1) is 7.24. The Bertz CT molecular complexity index is 381. The van der Waals surface area contributed by atoms with Gasteiger partial charge in [-0.05, 0) is 6.92 Å². The molecule has 0 aliphatic carbocycles. The first-order valence-corrected chi connectivity index (χ1v) is 4.83. The van der Waals surface area contributed by atoms with Crippen molar-refractivity contribution in [2.75, 3.05) is 13.7 Å². The summed E-state index contributed by atoms with van der Waals surface area (Å²) in [5, 5.41) is 0. The predicted molar refractivity (Wildman–Crippen MR) is 53.2 cm³/mol. The number of fused-ring (bicyclic) bond motifs is 1. The van der Waals surface area contributed by atoms with Crippen molar-refractivity contribution in [3.05, 3.63) is 23.8 Å². The van der Waals surface area contributed by atoms with E-state index < -0.39 is 0 Å².